The molecule has 138 valence electrons. The molecule has 1 aliphatic heterocycles. The van der Waals surface area contributed by atoms with E-state index < -0.39 is 0 Å². The van der Waals surface area contributed by atoms with Crippen molar-refractivity contribution in [3.63, 3.8) is 0 Å². The lowest BCUT2D eigenvalue weighted by Crippen LogP contribution is -2.38. The second-order valence-electron chi connectivity index (χ2n) is 7.17. The Bertz CT molecular complexity index is 991. The number of hydrogen-bond acceptors (Lipinski definition) is 3. The van der Waals surface area contributed by atoms with E-state index >= 15 is 0 Å². The van der Waals surface area contributed by atoms with Gasteiger partial charge in [0.15, 0.2) is 0 Å². The Morgan fingerprint density at radius 2 is 1.81 bits per heavy atom. The second kappa shape index (κ2) is 7.16. The fourth-order valence-corrected chi connectivity index (χ4v) is 4.38. The minimum Gasteiger partial charge on any atom is -0.319 e. The lowest BCUT2D eigenvalue weighted by atomic mass is 10.1. The van der Waals surface area contributed by atoms with Gasteiger partial charge in [0.1, 0.15) is 5.01 Å². The molecule has 0 unspecified atom stereocenters. The number of carbonyl (C=O) groups excluding carboxylic acids is 1. The normalized spacial score (nSPS) is 13.4. The molecule has 1 N–H and O–H groups in total. The first-order valence-corrected chi connectivity index (χ1v) is 10.00. The third-order valence-corrected chi connectivity index (χ3v) is 6.08. The number of amides is 2. The van der Waals surface area contributed by atoms with Crippen LogP contribution in [0.1, 0.15) is 27.3 Å². The Hall–Kier alpha value is -2.66. The van der Waals surface area contributed by atoms with Gasteiger partial charge in [0.05, 0.1) is 12.2 Å². The van der Waals surface area contributed by atoms with Gasteiger partial charge in [-0.05, 0) is 38.0 Å². The fourth-order valence-electron chi connectivity index (χ4n) is 3.25. The third-order valence-electron chi connectivity index (χ3n) is 4.95. The monoisotopic (exact) mass is 377 g/mol. The molecule has 1 aromatic heterocycles. The molecule has 2 heterocycles. The summed E-state index contributed by atoms with van der Waals surface area (Å²) >= 11 is 1.69. The van der Waals surface area contributed by atoms with Gasteiger partial charge in [0.2, 0.25) is 0 Å². The molecule has 0 aliphatic carbocycles. The van der Waals surface area contributed by atoms with Crippen LogP contribution in [0.3, 0.4) is 0 Å². The Labute approximate surface area is 163 Å². The van der Waals surface area contributed by atoms with Crippen molar-refractivity contribution in [1.82, 2.24) is 9.88 Å². The first kappa shape index (κ1) is 17.7. The highest BCUT2D eigenvalue weighted by molar-refractivity contribution is 7.15. The molecule has 2 aromatic carbocycles. The van der Waals surface area contributed by atoms with Crippen LogP contribution in [0.2, 0.25) is 0 Å². The summed E-state index contributed by atoms with van der Waals surface area (Å²) in [6.07, 6.45) is 0.803. The topological polar surface area (TPSA) is 45.2 Å². The number of carbonyl (C=O) groups is 1. The number of anilines is 1. The van der Waals surface area contributed by atoms with E-state index in [0.717, 1.165) is 39.5 Å². The van der Waals surface area contributed by atoms with Gasteiger partial charge in [-0.1, -0.05) is 42.0 Å². The molecule has 0 atom stereocenters. The van der Waals surface area contributed by atoms with Gasteiger partial charge in [0.25, 0.3) is 0 Å². The number of thiazole rings is 1. The molecule has 0 saturated carbocycles. The summed E-state index contributed by atoms with van der Waals surface area (Å²) in [6, 6.07) is 14.5. The molecule has 4 nitrogen and oxygen atoms in total. The Kier molecular flexibility index (Phi) is 4.70. The second-order valence-corrected chi connectivity index (χ2v) is 8.26. The highest BCUT2D eigenvalue weighted by Gasteiger charge is 2.24. The highest BCUT2D eigenvalue weighted by Crippen LogP contribution is 2.32. The van der Waals surface area contributed by atoms with Crippen molar-refractivity contribution < 1.29 is 4.79 Å². The standard InChI is InChI=1S/C22H23N3OS/c1-14-5-8-17(9-6-14)21-23-18-10-11-25(13-20(18)27-21)22(26)24-19-12-15(2)4-7-16(19)3/h4-9,12H,10-11,13H2,1-3H3,(H,24,26). The summed E-state index contributed by atoms with van der Waals surface area (Å²) in [6.45, 7) is 7.45. The number of aromatic nitrogens is 1. The zero-order valence-corrected chi connectivity index (χ0v) is 16.7. The quantitative estimate of drug-likeness (QED) is 0.656. The molecule has 5 heteroatoms. The Morgan fingerprint density at radius 3 is 2.59 bits per heavy atom. The first-order chi connectivity index (χ1) is 13.0. The molecular weight excluding hydrogens is 354 g/mol. The van der Waals surface area contributed by atoms with Crippen LogP contribution in [0, 0.1) is 20.8 Å². The number of nitrogens with zero attached hydrogens (tertiary/aromatic N) is 2. The zero-order chi connectivity index (χ0) is 19.0. The van der Waals surface area contributed by atoms with Crippen LogP contribution in [0.25, 0.3) is 10.6 Å². The number of nitrogens with one attached hydrogen (secondary N) is 1. The molecule has 27 heavy (non-hydrogen) atoms. The SMILES string of the molecule is Cc1ccc(-c2nc3c(s2)CN(C(=O)Nc2cc(C)ccc2C)CC3)cc1. The zero-order valence-electron chi connectivity index (χ0n) is 15.9. The van der Waals surface area contributed by atoms with E-state index in [2.05, 4.69) is 42.6 Å². The van der Waals surface area contributed by atoms with E-state index in [9.17, 15) is 4.79 Å². The van der Waals surface area contributed by atoms with Gasteiger partial charge in [0, 0.05) is 29.1 Å². The maximum Gasteiger partial charge on any atom is 0.322 e. The number of fused-ring (bicyclic) bond motifs is 1. The van der Waals surface area contributed by atoms with Crippen molar-refractivity contribution in [3.05, 3.63) is 69.7 Å². The maximum atomic E-state index is 12.8. The van der Waals surface area contributed by atoms with E-state index in [1.165, 1.54) is 10.4 Å². The van der Waals surface area contributed by atoms with Crippen LogP contribution < -0.4 is 5.32 Å². The smallest absolute Gasteiger partial charge is 0.319 e. The molecule has 0 fully saturated rings. The van der Waals surface area contributed by atoms with E-state index in [0.29, 0.717) is 13.1 Å². The van der Waals surface area contributed by atoms with Gasteiger partial charge >= 0.3 is 6.03 Å². The summed E-state index contributed by atoms with van der Waals surface area (Å²) in [5.74, 6) is 0. The number of rotatable bonds is 2. The molecule has 4 rings (SSSR count). The molecule has 0 bridgehead atoms. The molecular formula is C22H23N3OS. The van der Waals surface area contributed by atoms with Crippen molar-refractivity contribution in [2.45, 2.75) is 33.7 Å². The van der Waals surface area contributed by atoms with Crippen molar-refractivity contribution >= 4 is 23.1 Å². The van der Waals surface area contributed by atoms with E-state index in [1.807, 2.05) is 30.9 Å². The van der Waals surface area contributed by atoms with Crippen molar-refractivity contribution in [2.75, 3.05) is 11.9 Å². The van der Waals surface area contributed by atoms with Crippen molar-refractivity contribution in [1.29, 1.82) is 0 Å². The lowest BCUT2D eigenvalue weighted by Gasteiger charge is -2.26. The average Bonchev–Trinajstić information content (AvgIpc) is 3.08. The number of urea groups is 1. The Balaban J connectivity index is 1.50. The van der Waals surface area contributed by atoms with Gasteiger partial charge in [-0.25, -0.2) is 9.78 Å². The third kappa shape index (κ3) is 3.74. The van der Waals surface area contributed by atoms with Crippen LogP contribution in [0.5, 0.6) is 0 Å². The van der Waals surface area contributed by atoms with Crippen LogP contribution in [0.4, 0.5) is 10.5 Å². The molecule has 0 radical (unpaired) electrons. The van der Waals surface area contributed by atoms with Crippen molar-refractivity contribution in [3.8, 4) is 10.6 Å². The Morgan fingerprint density at radius 1 is 1.07 bits per heavy atom. The summed E-state index contributed by atoms with van der Waals surface area (Å²) in [4.78, 5) is 20.6. The minimum absolute atomic E-state index is 0.0420. The molecule has 1 aliphatic rings. The van der Waals surface area contributed by atoms with Crippen LogP contribution >= 0.6 is 11.3 Å². The number of benzene rings is 2. The van der Waals surface area contributed by atoms with Gasteiger partial charge in [-0.2, -0.15) is 0 Å². The summed E-state index contributed by atoms with van der Waals surface area (Å²) in [7, 11) is 0. The maximum absolute atomic E-state index is 12.8. The highest BCUT2D eigenvalue weighted by atomic mass is 32.1. The number of hydrogen-bond donors (Lipinski definition) is 1. The molecule has 3 aromatic rings. The van der Waals surface area contributed by atoms with Crippen molar-refractivity contribution in [2.24, 2.45) is 0 Å². The van der Waals surface area contributed by atoms with Gasteiger partial charge in [-0.3, -0.25) is 0 Å². The summed E-state index contributed by atoms with van der Waals surface area (Å²) in [5.41, 5.74) is 6.62. The van der Waals surface area contributed by atoms with Gasteiger partial charge in [-0.15, -0.1) is 11.3 Å². The molecule has 2 amide bonds. The van der Waals surface area contributed by atoms with Crippen LogP contribution in [-0.2, 0) is 13.0 Å². The predicted molar refractivity (Wildman–Crippen MR) is 111 cm³/mol. The van der Waals surface area contributed by atoms with E-state index in [4.69, 9.17) is 4.98 Å². The minimum atomic E-state index is -0.0420. The van der Waals surface area contributed by atoms with Crippen LogP contribution in [0.15, 0.2) is 42.5 Å². The molecule has 0 saturated heterocycles. The summed E-state index contributed by atoms with van der Waals surface area (Å²) < 4.78 is 0. The van der Waals surface area contributed by atoms with Crippen LogP contribution in [-0.4, -0.2) is 22.5 Å². The largest absolute Gasteiger partial charge is 0.322 e. The summed E-state index contributed by atoms with van der Waals surface area (Å²) in [5, 5.41) is 4.11. The predicted octanol–water partition coefficient (Wildman–Crippen LogP) is 5.33. The lowest BCUT2D eigenvalue weighted by molar-refractivity contribution is 0.207. The molecule has 0 spiro atoms. The number of aryl methyl sites for hydroxylation is 3. The van der Waals surface area contributed by atoms with E-state index in [1.54, 1.807) is 11.3 Å². The first-order valence-electron chi connectivity index (χ1n) is 9.18. The average molecular weight is 378 g/mol. The fraction of sp³-hybridized carbons (Fsp3) is 0.273. The van der Waals surface area contributed by atoms with E-state index in [-0.39, 0.29) is 6.03 Å². The van der Waals surface area contributed by atoms with Gasteiger partial charge < -0.3 is 10.2 Å².